The molecule has 4 rings (SSSR count). The van der Waals surface area contributed by atoms with Crippen molar-refractivity contribution in [1.29, 1.82) is 0 Å². The lowest BCUT2D eigenvalue weighted by atomic mass is 10.1. The summed E-state index contributed by atoms with van der Waals surface area (Å²) in [4.78, 5) is 12.6. The largest absolute Gasteiger partial charge is 0.496 e. The smallest absolute Gasteiger partial charge is 0.308 e. The maximum Gasteiger partial charge on any atom is 0.308 e. The van der Waals surface area contributed by atoms with Crippen LogP contribution in [0.4, 0.5) is 0 Å². The molecule has 0 bridgehead atoms. The number of benzene rings is 3. The molecule has 0 amide bonds. The summed E-state index contributed by atoms with van der Waals surface area (Å²) in [6.45, 7) is 0.690. The minimum absolute atomic E-state index is 0.140. The van der Waals surface area contributed by atoms with Gasteiger partial charge in [0.1, 0.15) is 5.75 Å². The summed E-state index contributed by atoms with van der Waals surface area (Å²) in [7, 11) is -2.07. The molecule has 0 aliphatic rings. The molecule has 0 saturated carbocycles. The fourth-order valence-electron chi connectivity index (χ4n) is 3.61. The molecule has 0 radical (unpaired) electrons. The van der Waals surface area contributed by atoms with Crippen molar-refractivity contribution in [3.05, 3.63) is 92.5 Å². The Balaban J connectivity index is 1.46. The Morgan fingerprint density at radius 1 is 1.06 bits per heavy atom. The highest BCUT2D eigenvalue weighted by molar-refractivity contribution is 7.89. The van der Waals surface area contributed by atoms with Crippen molar-refractivity contribution in [2.75, 3.05) is 13.7 Å². The molecule has 0 spiro atoms. The standard InChI is InChI=1S/C24H23ClN2O4S2/c1-31-22-7-3-2-5-18(22)6-4-14-26-33(29,30)20-12-13-21-23(15-20)32-24(28)27(21)16-17-8-10-19(25)11-9-17/h2-3,5,7-13,15,26H,4,6,14,16H2,1H3. The summed E-state index contributed by atoms with van der Waals surface area (Å²) < 4.78 is 35.9. The number of ether oxygens (including phenoxy) is 1. The number of thiazole rings is 1. The predicted molar refractivity (Wildman–Crippen MR) is 133 cm³/mol. The Labute approximate surface area is 201 Å². The molecule has 0 aliphatic carbocycles. The average Bonchev–Trinajstić information content (AvgIpc) is 3.12. The normalized spacial score (nSPS) is 11.7. The number of fused-ring (bicyclic) bond motifs is 1. The van der Waals surface area contributed by atoms with E-state index in [-0.39, 0.29) is 9.77 Å². The van der Waals surface area contributed by atoms with E-state index < -0.39 is 10.0 Å². The van der Waals surface area contributed by atoms with Gasteiger partial charge in [0.15, 0.2) is 0 Å². The van der Waals surface area contributed by atoms with Gasteiger partial charge in [-0.05, 0) is 60.4 Å². The van der Waals surface area contributed by atoms with Gasteiger partial charge in [-0.15, -0.1) is 0 Å². The number of aromatic nitrogens is 1. The fourth-order valence-corrected chi connectivity index (χ4v) is 5.84. The minimum atomic E-state index is -3.69. The third-order valence-electron chi connectivity index (χ3n) is 5.31. The molecule has 1 N–H and O–H groups in total. The monoisotopic (exact) mass is 502 g/mol. The second kappa shape index (κ2) is 10.1. The number of methoxy groups -OCH3 is 1. The van der Waals surface area contributed by atoms with Gasteiger partial charge in [0.25, 0.3) is 0 Å². The molecule has 1 aromatic heterocycles. The molecule has 172 valence electrons. The number of nitrogens with zero attached hydrogens (tertiary/aromatic N) is 1. The zero-order valence-corrected chi connectivity index (χ0v) is 20.3. The topological polar surface area (TPSA) is 77.4 Å². The quantitative estimate of drug-likeness (QED) is 0.337. The van der Waals surface area contributed by atoms with Gasteiger partial charge in [-0.3, -0.25) is 9.36 Å². The van der Waals surface area contributed by atoms with Gasteiger partial charge in [-0.2, -0.15) is 0 Å². The van der Waals surface area contributed by atoms with Gasteiger partial charge in [-0.1, -0.05) is 53.3 Å². The Bertz CT molecular complexity index is 1430. The first-order valence-electron chi connectivity index (χ1n) is 10.4. The van der Waals surface area contributed by atoms with E-state index >= 15 is 0 Å². The van der Waals surface area contributed by atoms with E-state index in [1.165, 1.54) is 6.07 Å². The third-order valence-corrected chi connectivity index (χ3v) is 7.96. The lowest BCUT2D eigenvalue weighted by Crippen LogP contribution is -2.25. The van der Waals surface area contributed by atoms with E-state index in [0.717, 1.165) is 28.2 Å². The highest BCUT2D eigenvalue weighted by Crippen LogP contribution is 2.23. The number of rotatable bonds is 9. The summed E-state index contributed by atoms with van der Waals surface area (Å²) in [6.07, 6.45) is 1.33. The van der Waals surface area contributed by atoms with Crippen molar-refractivity contribution >= 4 is 43.2 Å². The zero-order valence-electron chi connectivity index (χ0n) is 18.0. The first kappa shape index (κ1) is 23.5. The van der Waals surface area contributed by atoms with Crippen LogP contribution >= 0.6 is 22.9 Å². The SMILES string of the molecule is COc1ccccc1CCCNS(=O)(=O)c1ccc2c(c1)sc(=O)n2Cc1ccc(Cl)cc1. The summed E-state index contributed by atoms with van der Waals surface area (Å²) in [6, 6.07) is 19.8. The lowest BCUT2D eigenvalue weighted by Gasteiger charge is -2.10. The number of para-hydroxylation sites is 1. The molecular formula is C24H23ClN2O4S2. The number of halogens is 1. The first-order valence-corrected chi connectivity index (χ1v) is 13.0. The molecule has 0 aliphatic heterocycles. The maximum atomic E-state index is 12.8. The van der Waals surface area contributed by atoms with Crippen LogP contribution in [-0.4, -0.2) is 26.6 Å². The summed E-state index contributed by atoms with van der Waals surface area (Å²) in [5, 5.41) is 0.631. The third kappa shape index (κ3) is 5.47. The van der Waals surface area contributed by atoms with Gasteiger partial charge in [0.05, 0.1) is 28.8 Å². The van der Waals surface area contributed by atoms with Crippen LogP contribution in [0.1, 0.15) is 17.5 Å². The van der Waals surface area contributed by atoms with Crippen molar-refractivity contribution in [3.63, 3.8) is 0 Å². The van der Waals surface area contributed by atoms with Crippen LogP contribution in [0.3, 0.4) is 0 Å². The number of sulfonamides is 1. The minimum Gasteiger partial charge on any atom is -0.496 e. The van der Waals surface area contributed by atoms with E-state index in [4.69, 9.17) is 16.3 Å². The van der Waals surface area contributed by atoms with Crippen LogP contribution in [0.2, 0.25) is 5.02 Å². The summed E-state index contributed by atoms with van der Waals surface area (Å²) >= 11 is 6.97. The highest BCUT2D eigenvalue weighted by Gasteiger charge is 2.17. The molecule has 6 nitrogen and oxygen atoms in total. The van der Waals surface area contributed by atoms with Crippen molar-refractivity contribution in [2.45, 2.75) is 24.3 Å². The number of hydrogen-bond donors (Lipinski definition) is 1. The van der Waals surface area contributed by atoms with Crippen molar-refractivity contribution in [1.82, 2.24) is 9.29 Å². The van der Waals surface area contributed by atoms with Crippen molar-refractivity contribution in [2.24, 2.45) is 0 Å². The van der Waals surface area contributed by atoms with Gasteiger partial charge < -0.3 is 4.74 Å². The van der Waals surface area contributed by atoms with E-state index in [2.05, 4.69) is 4.72 Å². The van der Waals surface area contributed by atoms with Crippen LogP contribution in [-0.2, 0) is 23.0 Å². The van der Waals surface area contributed by atoms with Gasteiger partial charge in [-0.25, -0.2) is 13.1 Å². The van der Waals surface area contributed by atoms with Crippen LogP contribution in [0.15, 0.2) is 76.4 Å². The molecule has 0 fully saturated rings. The van der Waals surface area contributed by atoms with Crippen molar-refractivity contribution in [3.8, 4) is 5.75 Å². The second-order valence-electron chi connectivity index (χ2n) is 7.52. The second-order valence-corrected chi connectivity index (χ2v) is 10.7. The molecule has 0 atom stereocenters. The molecule has 3 aromatic carbocycles. The summed E-state index contributed by atoms with van der Waals surface area (Å²) in [5.41, 5.74) is 2.68. The first-order chi connectivity index (χ1) is 15.9. The van der Waals surface area contributed by atoms with E-state index in [1.807, 2.05) is 36.4 Å². The number of hydrogen-bond acceptors (Lipinski definition) is 5. The molecule has 1 heterocycles. The highest BCUT2D eigenvalue weighted by atomic mass is 35.5. The fraction of sp³-hybridized carbons (Fsp3) is 0.208. The van der Waals surface area contributed by atoms with Crippen LogP contribution in [0.5, 0.6) is 5.75 Å². The zero-order chi connectivity index (χ0) is 23.4. The average molecular weight is 503 g/mol. The van der Waals surface area contributed by atoms with Crippen LogP contribution in [0.25, 0.3) is 10.2 Å². The van der Waals surface area contributed by atoms with Gasteiger partial charge in [0, 0.05) is 11.6 Å². The number of nitrogens with one attached hydrogen (secondary N) is 1. The molecule has 9 heteroatoms. The molecular weight excluding hydrogens is 480 g/mol. The molecule has 0 saturated heterocycles. The van der Waals surface area contributed by atoms with Crippen molar-refractivity contribution < 1.29 is 13.2 Å². The Hall–Kier alpha value is -2.65. The molecule has 33 heavy (non-hydrogen) atoms. The Morgan fingerprint density at radius 2 is 1.82 bits per heavy atom. The molecule has 4 aromatic rings. The summed E-state index contributed by atoms with van der Waals surface area (Å²) in [5.74, 6) is 0.795. The van der Waals surface area contributed by atoms with Crippen LogP contribution in [0, 0.1) is 0 Å². The molecule has 0 unspecified atom stereocenters. The van der Waals surface area contributed by atoms with E-state index in [1.54, 1.807) is 35.9 Å². The number of aryl methyl sites for hydroxylation is 1. The predicted octanol–water partition coefficient (Wildman–Crippen LogP) is 4.68. The Morgan fingerprint density at radius 3 is 2.58 bits per heavy atom. The Kier molecular flexibility index (Phi) is 7.19. The van der Waals surface area contributed by atoms with Crippen LogP contribution < -0.4 is 14.3 Å². The maximum absolute atomic E-state index is 12.8. The van der Waals surface area contributed by atoms with E-state index in [0.29, 0.717) is 41.2 Å². The van der Waals surface area contributed by atoms with Gasteiger partial charge in [0.2, 0.25) is 10.0 Å². The van der Waals surface area contributed by atoms with Gasteiger partial charge >= 0.3 is 4.87 Å². The van der Waals surface area contributed by atoms with E-state index in [9.17, 15) is 13.2 Å². The lowest BCUT2D eigenvalue weighted by molar-refractivity contribution is 0.409.